The first-order valence-electron chi connectivity index (χ1n) is 9.26. The number of ether oxygens (including phenoxy) is 3. The molecule has 4 rings (SSSR count). The van der Waals surface area contributed by atoms with E-state index in [9.17, 15) is 4.79 Å². The molecule has 0 bridgehead atoms. The maximum atomic E-state index is 12.8. The molecule has 0 aliphatic carbocycles. The quantitative estimate of drug-likeness (QED) is 0.806. The van der Waals surface area contributed by atoms with Gasteiger partial charge in [-0.15, -0.1) is 11.3 Å². The Bertz CT molecular complexity index is 819. The van der Waals surface area contributed by atoms with Crippen molar-refractivity contribution in [2.45, 2.75) is 32.0 Å². The molecule has 144 valence electrons. The van der Waals surface area contributed by atoms with E-state index in [1.54, 1.807) is 18.4 Å². The summed E-state index contributed by atoms with van der Waals surface area (Å²) in [5.74, 6) is 0.483. The topological polar surface area (TPSA) is 60.9 Å². The van der Waals surface area contributed by atoms with Crippen LogP contribution in [0.1, 0.15) is 23.4 Å². The van der Waals surface area contributed by atoms with E-state index >= 15 is 0 Å². The normalized spacial score (nSPS) is 18.8. The largest absolute Gasteiger partial charge is 0.496 e. The standard InChI is InChI=1S/C20H24N2O4S/c1-14-17(27-19(21-14)15-5-3-4-6-16(15)24-2)13-18(23)22-9-7-20(8-10-22)25-11-12-26-20/h3-6H,7-13H2,1-2H3. The summed E-state index contributed by atoms with van der Waals surface area (Å²) in [5, 5.41) is 0.887. The third-order valence-corrected chi connectivity index (χ3v) is 6.42. The van der Waals surface area contributed by atoms with Crippen LogP contribution in [0.3, 0.4) is 0 Å². The van der Waals surface area contributed by atoms with Crippen LogP contribution in [0, 0.1) is 6.92 Å². The molecule has 0 unspecified atom stereocenters. The maximum absolute atomic E-state index is 12.8. The molecule has 0 radical (unpaired) electrons. The van der Waals surface area contributed by atoms with E-state index in [0.717, 1.165) is 39.7 Å². The number of para-hydroxylation sites is 1. The van der Waals surface area contributed by atoms with Gasteiger partial charge in [0.2, 0.25) is 5.91 Å². The Kier molecular flexibility index (Phi) is 5.16. The fourth-order valence-corrected chi connectivity index (χ4v) is 4.74. The summed E-state index contributed by atoms with van der Waals surface area (Å²) in [6.45, 7) is 4.62. The summed E-state index contributed by atoms with van der Waals surface area (Å²) in [6, 6.07) is 7.83. The number of aromatic nitrogens is 1. The van der Waals surface area contributed by atoms with Crippen LogP contribution in [0.25, 0.3) is 10.6 Å². The van der Waals surface area contributed by atoms with Crippen molar-refractivity contribution < 1.29 is 19.0 Å². The molecule has 1 spiro atoms. The van der Waals surface area contributed by atoms with E-state index in [2.05, 4.69) is 4.98 Å². The highest BCUT2D eigenvalue weighted by Gasteiger charge is 2.40. The second-order valence-corrected chi connectivity index (χ2v) is 7.98. The fourth-order valence-electron chi connectivity index (χ4n) is 3.66. The van der Waals surface area contributed by atoms with Crippen molar-refractivity contribution in [2.75, 3.05) is 33.4 Å². The summed E-state index contributed by atoms with van der Waals surface area (Å²) in [4.78, 5) is 20.4. The Morgan fingerprint density at radius 3 is 2.67 bits per heavy atom. The molecule has 1 aromatic carbocycles. The van der Waals surface area contributed by atoms with Gasteiger partial charge in [0.15, 0.2) is 5.79 Å². The maximum Gasteiger partial charge on any atom is 0.227 e. The van der Waals surface area contributed by atoms with Crippen LogP contribution in [0.4, 0.5) is 0 Å². The fraction of sp³-hybridized carbons (Fsp3) is 0.500. The number of aryl methyl sites for hydroxylation is 1. The van der Waals surface area contributed by atoms with Gasteiger partial charge in [0.25, 0.3) is 0 Å². The summed E-state index contributed by atoms with van der Waals surface area (Å²) >= 11 is 1.57. The van der Waals surface area contributed by atoms with Crippen molar-refractivity contribution >= 4 is 17.2 Å². The highest BCUT2D eigenvalue weighted by atomic mass is 32.1. The molecule has 1 aromatic heterocycles. The number of methoxy groups -OCH3 is 1. The average Bonchev–Trinajstić information content (AvgIpc) is 3.29. The number of thiazole rings is 1. The highest BCUT2D eigenvalue weighted by molar-refractivity contribution is 7.15. The molecular formula is C20H24N2O4S. The van der Waals surface area contributed by atoms with E-state index in [4.69, 9.17) is 14.2 Å². The van der Waals surface area contributed by atoms with Gasteiger partial charge in [-0.1, -0.05) is 12.1 Å². The van der Waals surface area contributed by atoms with E-state index in [1.807, 2.05) is 36.1 Å². The number of likely N-dealkylation sites (tertiary alicyclic amines) is 1. The Labute approximate surface area is 163 Å². The number of benzene rings is 1. The predicted molar refractivity (Wildman–Crippen MR) is 103 cm³/mol. The Hall–Kier alpha value is -1.96. The minimum Gasteiger partial charge on any atom is -0.496 e. The number of nitrogens with zero attached hydrogens (tertiary/aromatic N) is 2. The number of carbonyl (C=O) groups excluding carboxylic acids is 1. The highest BCUT2D eigenvalue weighted by Crippen LogP contribution is 2.35. The van der Waals surface area contributed by atoms with Crippen molar-refractivity contribution in [3.8, 4) is 16.3 Å². The second kappa shape index (κ2) is 7.58. The number of carbonyl (C=O) groups is 1. The summed E-state index contributed by atoms with van der Waals surface area (Å²) in [6.07, 6.45) is 1.87. The average molecular weight is 388 g/mol. The number of hydrogen-bond donors (Lipinski definition) is 0. The molecule has 0 N–H and O–H groups in total. The van der Waals surface area contributed by atoms with E-state index in [0.29, 0.717) is 32.7 Å². The van der Waals surface area contributed by atoms with Gasteiger partial charge < -0.3 is 19.1 Å². The molecule has 0 atom stereocenters. The molecule has 2 fully saturated rings. The molecule has 6 nitrogen and oxygen atoms in total. The smallest absolute Gasteiger partial charge is 0.227 e. The van der Waals surface area contributed by atoms with Crippen LogP contribution in [0.5, 0.6) is 5.75 Å². The summed E-state index contributed by atoms with van der Waals surface area (Å²) < 4.78 is 16.9. The third kappa shape index (κ3) is 3.72. The Morgan fingerprint density at radius 1 is 1.26 bits per heavy atom. The van der Waals surface area contributed by atoms with Gasteiger partial charge in [0, 0.05) is 30.8 Å². The Balaban J connectivity index is 1.44. The lowest BCUT2D eigenvalue weighted by atomic mass is 10.0. The van der Waals surface area contributed by atoms with E-state index < -0.39 is 5.79 Å². The van der Waals surface area contributed by atoms with Gasteiger partial charge >= 0.3 is 0 Å². The summed E-state index contributed by atoms with van der Waals surface area (Å²) in [7, 11) is 1.66. The number of amides is 1. The molecule has 2 aromatic rings. The van der Waals surface area contributed by atoms with Gasteiger partial charge in [-0.3, -0.25) is 4.79 Å². The number of piperidine rings is 1. The van der Waals surface area contributed by atoms with Crippen LogP contribution >= 0.6 is 11.3 Å². The van der Waals surface area contributed by atoms with Crippen LogP contribution in [-0.4, -0.2) is 55.0 Å². The molecule has 2 saturated heterocycles. The zero-order valence-electron chi connectivity index (χ0n) is 15.7. The Morgan fingerprint density at radius 2 is 1.96 bits per heavy atom. The minimum atomic E-state index is -0.450. The zero-order chi connectivity index (χ0) is 18.9. The lowest BCUT2D eigenvalue weighted by molar-refractivity contribution is -0.187. The molecule has 2 aliphatic heterocycles. The molecule has 7 heteroatoms. The number of rotatable bonds is 4. The third-order valence-electron chi connectivity index (χ3n) is 5.23. The molecule has 2 aliphatic rings. The van der Waals surface area contributed by atoms with E-state index in [1.165, 1.54) is 0 Å². The molecule has 0 saturated carbocycles. The summed E-state index contributed by atoms with van der Waals surface area (Å²) in [5.41, 5.74) is 1.87. The van der Waals surface area contributed by atoms with E-state index in [-0.39, 0.29) is 5.91 Å². The van der Waals surface area contributed by atoms with Crippen molar-refractivity contribution in [1.82, 2.24) is 9.88 Å². The second-order valence-electron chi connectivity index (χ2n) is 6.89. The molecular weight excluding hydrogens is 364 g/mol. The van der Waals surface area contributed by atoms with Crippen molar-refractivity contribution in [2.24, 2.45) is 0 Å². The number of hydrogen-bond acceptors (Lipinski definition) is 6. The van der Waals surface area contributed by atoms with Crippen molar-refractivity contribution in [3.05, 3.63) is 34.8 Å². The van der Waals surface area contributed by atoms with Crippen LogP contribution in [0.15, 0.2) is 24.3 Å². The van der Waals surface area contributed by atoms with Crippen LogP contribution in [-0.2, 0) is 20.7 Å². The van der Waals surface area contributed by atoms with Gasteiger partial charge in [0.1, 0.15) is 10.8 Å². The van der Waals surface area contributed by atoms with Gasteiger partial charge in [-0.2, -0.15) is 0 Å². The monoisotopic (exact) mass is 388 g/mol. The molecule has 3 heterocycles. The lowest BCUT2D eigenvalue weighted by Crippen LogP contribution is -2.47. The van der Waals surface area contributed by atoms with Gasteiger partial charge in [-0.05, 0) is 19.1 Å². The van der Waals surface area contributed by atoms with Gasteiger partial charge in [0.05, 0.1) is 38.0 Å². The lowest BCUT2D eigenvalue weighted by Gasteiger charge is -2.37. The molecule has 27 heavy (non-hydrogen) atoms. The minimum absolute atomic E-state index is 0.140. The first-order chi connectivity index (χ1) is 13.1. The van der Waals surface area contributed by atoms with Crippen LogP contribution in [0.2, 0.25) is 0 Å². The molecule has 1 amide bonds. The first-order valence-corrected chi connectivity index (χ1v) is 10.1. The van der Waals surface area contributed by atoms with Crippen LogP contribution < -0.4 is 4.74 Å². The predicted octanol–water partition coefficient (Wildman–Crippen LogP) is 3.04. The van der Waals surface area contributed by atoms with Crippen molar-refractivity contribution in [3.63, 3.8) is 0 Å². The van der Waals surface area contributed by atoms with Crippen molar-refractivity contribution in [1.29, 1.82) is 0 Å². The zero-order valence-corrected chi connectivity index (χ0v) is 16.5. The first kappa shape index (κ1) is 18.4. The van der Waals surface area contributed by atoms with Gasteiger partial charge in [-0.25, -0.2) is 4.98 Å². The SMILES string of the molecule is COc1ccccc1-c1nc(C)c(CC(=O)N2CCC3(CC2)OCCO3)s1.